The Morgan fingerprint density at radius 2 is 1.75 bits per heavy atom. The van der Waals surface area contributed by atoms with E-state index in [1.54, 1.807) is 0 Å². The zero-order valence-corrected chi connectivity index (χ0v) is 8.94. The molecule has 0 saturated carbocycles. The number of aromatic amines is 1. The Kier molecular flexibility index (Phi) is 1.96. The van der Waals surface area contributed by atoms with E-state index in [4.69, 9.17) is 0 Å². The van der Waals surface area contributed by atoms with Crippen molar-refractivity contribution in [1.82, 2.24) is 15.2 Å². The molecule has 0 aliphatic rings. The second-order valence-corrected chi connectivity index (χ2v) is 3.79. The van der Waals surface area contributed by atoms with Crippen LogP contribution in [0.5, 0.6) is 0 Å². The standard InChI is InChI=1S/C13H11N3/c1-9-14-13(16-15-9)12-8-4-6-10-5-2-3-7-11(10)12/h2-8H,1H3,(H,14,15,16). The molecule has 3 aromatic rings. The minimum atomic E-state index is 0.828. The molecule has 78 valence electrons. The highest BCUT2D eigenvalue weighted by Crippen LogP contribution is 2.25. The summed E-state index contributed by atoms with van der Waals surface area (Å²) in [7, 11) is 0. The Morgan fingerprint density at radius 1 is 0.938 bits per heavy atom. The first-order chi connectivity index (χ1) is 7.84. The van der Waals surface area contributed by atoms with Gasteiger partial charge in [0.25, 0.3) is 0 Å². The van der Waals surface area contributed by atoms with E-state index in [1.165, 1.54) is 10.8 Å². The van der Waals surface area contributed by atoms with Crippen LogP contribution in [0.25, 0.3) is 22.2 Å². The van der Waals surface area contributed by atoms with Crippen molar-refractivity contribution in [3.8, 4) is 11.4 Å². The number of fused-ring (bicyclic) bond motifs is 1. The minimum absolute atomic E-state index is 0.828. The van der Waals surface area contributed by atoms with Crippen LogP contribution in [0.2, 0.25) is 0 Å². The van der Waals surface area contributed by atoms with Crippen molar-refractivity contribution in [2.24, 2.45) is 0 Å². The highest BCUT2D eigenvalue weighted by molar-refractivity contribution is 5.94. The number of benzene rings is 2. The van der Waals surface area contributed by atoms with Crippen molar-refractivity contribution in [3.05, 3.63) is 48.3 Å². The molecule has 0 amide bonds. The van der Waals surface area contributed by atoms with Crippen LogP contribution in [-0.2, 0) is 0 Å². The number of nitrogens with one attached hydrogen (secondary N) is 1. The molecule has 0 spiro atoms. The SMILES string of the molecule is Cc1nnc(-c2cccc3ccccc23)[nH]1. The maximum absolute atomic E-state index is 4.13. The van der Waals surface area contributed by atoms with Gasteiger partial charge in [-0.3, -0.25) is 0 Å². The Bertz CT molecular complexity index is 635. The lowest BCUT2D eigenvalue weighted by Gasteiger charge is -2.02. The van der Waals surface area contributed by atoms with Crippen molar-refractivity contribution in [2.45, 2.75) is 6.92 Å². The molecule has 1 N–H and O–H groups in total. The Labute approximate surface area is 93.2 Å². The number of H-pyrrole nitrogens is 1. The lowest BCUT2D eigenvalue weighted by molar-refractivity contribution is 1.04. The quantitative estimate of drug-likeness (QED) is 0.669. The lowest BCUT2D eigenvalue weighted by atomic mass is 10.0. The van der Waals surface area contributed by atoms with Crippen molar-refractivity contribution in [3.63, 3.8) is 0 Å². The van der Waals surface area contributed by atoms with Gasteiger partial charge in [-0.15, -0.1) is 10.2 Å². The van der Waals surface area contributed by atoms with Gasteiger partial charge in [0.2, 0.25) is 0 Å². The summed E-state index contributed by atoms with van der Waals surface area (Å²) in [5.41, 5.74) is 1.10. The maximum atomic E-state index is 4.13. The van der Waals surface area contributed by atoms with E-state index in [1.807, 2.05) is 25.1 Å². The molecule has 3 heteroatoms. The van der Waals surface area contributed by atoms with Crippen LogP contribution in [-0.4, -0.2) is 15.2 Å². The van der Waals surface area contributed by atoms with E-state index in [0.717, 1.165) is 17.2 Å². The lowest BCUT2D eigenvalue weighted by Crippen LogP contribution is -1.83. The van der Waals surface area contributed by atoms with Gasteiger partial charge in [-0.25, -0.2) is 0 Å². The number of nitrogens with zero attached hydrogens (tertiary/aromatic N) is 2. The summed E-state index contributed by atoms with van der Waals surface area (Å²) in [6.07, 6.45) is 0. The van der Waals surface area contributed by atoms with E-state index < -0.39 is 0 Å². The maximum Gasteiger partial charge on any atom is 0.161 e. The van der Waals surface area contributed by atoms with Crippen LogP contribution in [0.4, 0.5) is 0 Å². The van der Waals surface area contributed by atoms with Gasteiger partial charge in [0.1, 0.15) is 5.82 Å². The Morgan fingerprint density at radius 3 is 2.56 bits per heavy atom. The first kappa shape index (κ1) is 9.09. The third-order valence-corrected chi connectivity index (χ3v) is 2.64. The molecule has 1 heterocycles. The van der Waals surface area contributed by atoms with Crippen LogP contribution < -0.4 is 0 Å². The van der Waals surface area contributed by atoms with Gasteiger partial charge in [-0.05, 0) is 17.7 Å². The minimum Gasteiger partial charge on any atom is -0.325 e. The topological polar surface area (TPSA) is 41.6 Å². The molecular formula is C13H11N3. The summed E-state index contributed by atoms with van der Waals surface area (Å²) in [4.78, 5) is 3.16. The molecule has 0 fully saturated rings. The molecule has 2 aromatic carbocycles. The normalized spacial score (nSPS) is 10.8. The summed E-state index contributed by atoms with van der Waals surface area (Å²) in [6, 6.07) is 14.5. The fourth-order valence-electron chi connectivity index (χ4n) is 1.90. The van der Waals surface area contributed by atoms with E-state index in [9.17, 15) is 0 Å². The summed E-state index contributed by atoms with van der Waals surface area (Å²) in [6.45, 7) is 1.90. The van der Waals surface area contributed by atoms with E-state index in [-0.39, 0.29) is 0 Å². The zero-order valence-electron chi connectivity index (χ0n) is 8.94. The fraction of sp³-hybridized carbons (Fsp3) is 0.0769. The Balaban J connectivity index is 2.31. The summed E-state index contributed by atoms with van der Waals surface area (Å²) in [5, 5.41) is 10.5. The fourth-order valence-corrected chi connectivity index (χ4v) is 1.90. The van der Waals surface area contributed by atoms with Gasteiger partial charge < -0.3 is 4.98 Å². The third-order valence-electron chi connectivity index (χ3n) is 2.64. The van der Waals surface area contributed by atoms with Gasteiger partial charge in [0, 0.05) is 5.56 Å². The van der Waals surface area contributed by atoms with Gasteiger partial charge in [-0.1, -0.05) is 42.5 Å². The second-order valence-electron chi connectivity index (χ2n) is 3.79. The number of aromatic nitrogens is 3. The van der Waals surface area contributed by atoms with Crippen molar-refractivity contribution < 1.29 is 0 Å². The highest BCUT2D eigenvalue weighted by Gasteiger charge is 2.06. The first-order valence-electron chi connectivity index (χ1n) is 5.22. The van der Waals surface area contributed by atoms with Gasteiger partial charge >= 0.3 is 0 Å². The zero-order chi connectivity index (χ0) is 11.0. The van der Waals surface area contributed by atoms with Gasteiger partial charge in [0.05, 0.1) is 0 Å². The molecule has 0 unspecified atom stereocenters. The van der Waals surface area contributed by atoms with Crippen LogP contribution in [0.1, 0.15) is 5.82 Å². The molecule has 0 aliphatic carbocycles. The number of rotatable bonds is 1. The van der Waals surface area contributed by atoms with Crippen molar-refractivity contribution in [2.75, 3.05) is 0 Å². The molecule has 1 aromatic heterocycles. The highest BCUT2D eigenvalue weighted by atomic mass is 15.2. The summed E-state index contributed by atoms with van der Waals surface area (Å²) in [5.74, 6) is 1.66. The largest absolute Gasteiger partial charge is 0.325 e. The van der Waals surface area contributed by atoms with E-state index >= 15 is 0 Å². The van der Waals surface area contributed by atoms with Gasteiger partial charge in [-0.2, -0.15) is 0 Å². The molecule has 0 saturated heterocycles. The molecule has 3 rings (SSSR count). The average Bonchev–Trinajstić information content (AvgIpc) is 2.75. The summed E-state index contributed by atoms with van der Waals surface area (Å²) < 4.78 is 0. The average molecular weight is 209 g/mol. The van der Waals surface area contributed by atoms with E-state index in [2.05, 4.69) is 39.4 Å². The summed E-state index contributed by atoms with van der Waals surface area (Å²) >= 11 is 0. The van der Waals surface area contributed by atoms with Crippen LogP contribution >= 0.6 is 0 Å². The molecule has 0 atom stereocenters. The second kappa shape index (κ2) is 3.45. The molecule has 0 aliphatic heterocycles. The van der Waals surface area contributed by atoms with Gasteiger partial charge in [0.15, 0.2) is 5.82 Å². The predicted molar refractivity (Wildman–Crippen MR) is 64.1 cm³/mol. The van der Waals surface area contributed by atoms with E-state index in [0.29, 0.717) is 0 Å². The van der Waals surface area contributed by atoms with Crippen molar-refractivity contribution >= 4 is 10.8 Å². The molecule has 16 heavy (non-hydrogen) atoms. The van der Waals surface area contributed by atoms with Crippen LogP contribution in [0.3, 0.4) is 0 Å². The van der Waals surface area contributed by atoms with Crippen LogP contribution in [0, 0.1) is 6.92 Å². The Hall–Kier alpha value is -2.16. The predicted octanol–water partition coefficient (Wildman–Crippen LogP) is 2.93. The monoisotopic (exact) mass is 209 g/mol. The molecule has 3 nitrogen and oxygen atoms in total. The number of hydrogen-bond donors (Lipinski definition) is 1. The smallest absolute Gasteiger partial charge is 0.161 e. The third kappa shape index (κ3) is 1.37. The van der Waals surface area contributed by atoms with Crippen molar-refractivity contribution in [1.29, 1.82) is 0 Å². The first-order valence-corrected chi connectivity index (χ1v) is 5.22. The van der Waals surface area contributed by atoms with Crippen LogP contribution in [0.15, 0.2) is 42.5 Å². The molecular weight excluding hydrogens is 198 g/mol. The number of aryl methyl sites for hydroxylation is 1. The number of hydrogen-bond acceptors (Lipinski definition) is 2. The molecule has 0 radical (unpaired) electrons. The molecule has 0 bridgehead atoms.